The van der Waals surface area contributed by atoms with Gasteiger partial charge in [-0.05, 0) is 24.8 Å². The number of carboxylic acids is 1. The highest BCUT2D eigenvalue weighted by Crippen LogP contribution is 2.32. The molecule has 0 saturated heterocycles. The van der Waals surface area contributed by atoms with Crippen molar-refractivity contribution in [2.45, 2.75) is 17.2 Å². The van der Waals surface area contributed by atoms with Gasteiger partial charge in [-0.2, -0.15) is 0 Å². The lowest BCUT2D eigenvalue weighted by atomic mass is 10.3. The van der Waals surface area contributed by atoms with Crippen LogP contribution in [0.25, 0.3) is 0 Å². The van der Waals surface area contributed by atoms with Gasteiger partial charge in [0.25, 0.3) is 5.22 Å². The van der Waals surface area contributed by atoms with Gasteiger partial charge in [0.2, 0.25) is 0 Å². The Kier molecular flexibility index (Phi) is 3.47. The quantitative estimate of drug-likeness (QED) is 0.668. The molecule has 0 aliphatic heterocycles. The summed E-state index contributed by atoms with van der Waals surface area (Å²) in [6, 6.07) is 2.17. The average Bonchev–Trinajstić information content (AvgIpc) is 2.74. The molecule has 2 heterocycles. The molecule has 8 nitrogen and oxygen atoms in total. The first kappa shape index (κ1) is 13.0. The highest BCUT2D eigenvalue weighted by molar-refractivity contribution is 7.99. The summed E-state index contributed by atoms with van der Waals surface area (Å²) >= 11 is 0.801. The van der Waals surface area contributed by atoms with Crippen LogP contribution >= 0.6 is 11.8 Å². The van der Waals surface area contributed by atoms with Crippen molar-refractivity contribution in [2.24, 2.45) is 0 Å². The Labute approximate surface area is 110 Å². The molecule has 0 unspecified atom stereocenters. The molecule has 1 N–H and O–H groups in total. The zero-order valence-electron chi connectivity index (χ0n) is 9.56. The van der Waals surface area contributed by atoms with E-state index in [0.717, 1.165) is 23.9 Å². The van der Waals surface area contributed by atoms with E-state index in [1.807, 2.05) is 0 Å². The number of oxazole rings is 1. The van der Waals surface area contributed by atoms with Gasteiger partial charge in [-0.25, -0.2) is 14.8 Å². The van der Waals surface area contributed by atoms with Gasteiger partial charge in [-0.1, -0.05) is 0 Å². The topological polar surface area (TPSA) is 119 Å². The molecule has 0 aliphatic carbocycles. The molecular formula is C10H7N3O5S. The van der Waals surface area contributed by atoms with E-state index in [4.69, 9.17) is 9.52 Å². The molecule has 0 atom stereocenters. The third-order valence-corrected chi connectivity index (χ3v) is 2.89. The Balaban J connectivity index is 2.42. The lowest BCUT2D eigenvalue weighted by Gasteiger charge is -2.00. The number of rotatable bonds is 4. The van der Waals surface area contributed by atoms with Gasteiger partial charge in [0.15, 0.2) is 5.03 Å². The molecule has 19 heavy (non-hydrogen) atoms. The number of nitro groups is 1. The molecule has 0 bridgehead atoms. The van der Waals surface area contributed by atoms with E-state index in [1.54, 1.807) is 6.92 Å². The molecule has 0 spiro atoms. The smallest absolute Gasteiger partial charge is 0.354 e. The highest BCUT2D eigenvalue weighted by Gasteiger charge is 2.21. The minimum absolute atomic E-state index is 0.0771. The van der Waals surface area contributed by atoms with E-state index < -0.39 is 10.9 Å². The molecule has 0 fully saturated rings. The van der Waals surface area contributed by atoms with Crippen molar-refractivity contribution in [1.29, 1.82) is 0 Å². The van der Waals surface area contributed by atoms with Crippen LogP contribution in [0.5, 0.6) is 0 Å². The number of aryl methyl sites for hydroxylation is 1. The van der Waals surface area contributed by atoms with E-state index in [-0.39, 0.29) is 21.6 Å². The maximum Gasteiger partial charge on any atom is 0.354 e. The normalized spacial score (nSPS) is 10.4. The molecule has 0 amide bonds. The van der Waals surface area contributed by atoms with Crippen LogP contribution in [0, 0.1) is 17.0 Å². The Morgan fingerprint density at radius 1 is 1.47 bits per heavy atom. The number of hydrogen-bond donors (Lipinski definition) is 1. The van der Waals surface area contributed by atoms with Crippen LogP contribution in [0.2, 0.25) is 0 Å². The molecule has 0 aliphatic rings. The Morgan fingerprint density at radius 3 is 2.74 bits per heavy atom. The lowest BCUT2D eigenvalue weighted by molar-refractivity contribution is -0.388. The number of carbonyl (C=O) groups is 1. The summed E-state index contributed by atoms with van der Waals surface area (Å²) in [5.41, 5.74) is 0.0294. The molecule has 2 aromatic rings. The van der Waals surface area contributed by atoms with E-state index in [9.17, 15) is 14.9 Å². The largest absolute Gasteiger partial charge is 0.477 e. The predicted molar refractivity (Wildman–Crippen MR) is 63.2 cm³/mol. The highest BCUT2D eigenvalue weighted by atomic mass is 32.2. The van der Waals surface area contributed by atoms with Crippen LogP contribution in [-0.2, 0) is 0 Å². The number of carboxylic acid groups (broad SMARTS) is 1. The molecular weight excluding hydrogens is 274 g/mol. The summed E-state index contributed by atoms with van der Waals surface area (Å²) in [5.74, 6) is -1.26. The van der Waals surface area contributed by atoms with Gasteiger partial charge in [-0.15, -0.1) is 0 Å². The zero-order valence-corrected chi connectivity index (χ0v) is 10.4. The summed E-state index contributed by atoms with van der Waals surface area (Å²) in [4.78, 5) is 28.7. The van der Waals surface area contributed by atoms with E-state index in [1.165, 1.54) is 6.26 Å². The number of hydrogen-bond acceptors (Lipinski definition) is 7. The first-order valence-electron chi connectivity index (χ1n) is 4.96. The monoisotopic (exact) mass is 281 g/mol. The van der Waals surface area contributed by atoms with Crippen molar-refractivity contribution >= 4 is 23.4 Å². The van der Waals surface area contributed by atoms with Gasteiger partial charge < -0.3 is 9.52 Å². The van der Waals surface area contributed by atoms with Crippen molar-refractivity contribution in [2.75, 3.05) is 0 Å². The number of pyridine rings is 1. The summed E-state index contributed by atoms with van der Waals surface area (Å²) in [5, 5.41) is 19.8. The fraction of sp³-hybridized carbons (Fsp3) is 0.100. The Bertz CT molecular complexity index is 654. The van der Waals surface area contributed by atoms with E-state index in [0.29, 0.717) is 5.69 Å². The van der Waals surface area contributed by atoms with Crippen molar-refractivity contribution < 1.29 is 19.2 Å². The second-order valence-electron chi connectivity index (χ2n) is 3.44. The van der Waals surface area contributed by atoms with Crippen LogP contribution in [0.1, 0.15) is 16.2 Å². The van der Waals surface area contributed by atoms with Crippen molar-refractivity contribution in [3.63, 3.8) is 0 Å². The first-order chi connectivity index (χ1) is 8.97. The fourth-order valence-electron chi connectivity index (χ4n) is 1.23. The van der Waals surface area contributed by atoms with E-state index >= 15 is 0 Å². The number of nitrogens with zero attached hydrogens (tertiary/aromatic N) is 3. The minimum atomic E-state index is -1.26. The summed E-state index contributed by atoms with van der Waals surface area (Å²) in [6.45, 7) is 1.70. The van der Waals surface area contributed by atoms with Gasteiger partial charge in [0, 0.05) is 6.07 Å². The SMILES string of the molecule is Cc1coc(Sc2nc(C(=O)O)ccc2[N+](=O)[O-])n1. The summed E-state index contributed by atoms with van der Waals surface area (Å²) in [6.07, 6.45) is 1.38. The molecule has 0 saturated carbocycles. The zero-order chi connectivity index (χ0) is 14.0. The molecule has 0 aromatic carbocycles. The van der Waals surface area contributed by atoms with Gasteiger partial charge in [-0.3, -0.25) is 10.1 Å². The molecule has 0 radical (unpaired) electrons. The summed E-state index contributed by atoms with van der Waals surface area (Å²) in [7, 11) is 0. The Morgan fingerprint density at radius 2 is 2.21 bits per heavy atom. The van der Waals surface area contributed by atoms with Gasteiger partial charge in [0.1, 0.15) is 12.0 Å². The van der Waals surface area contributed by atoms with Crippen LogP contribution in [0.15, 0.2) is 33.1 Å². The third kappa shape index (κ3) is 2.88. The number of aromatic carboxylic acids is 1. The second-order valence-corrected chi connectivity index (χ2v) is 4.38. The fourth-order valence-corrected chi connectivity index (χ4v) is 2.07. The average molecular weight is 281 g/mol. The summed E-state index contributed by atoms with van der Waals surface area (Å²) < 4.78 is 5.05. The molecule has 98 valence electrons. The first-order valence-corrected chi connectivity index (χ1v) is 5.77. The van der Waals surface area contributed by atoms with E-state index in [2.05, 4.69) is 9.97 Å². The van der Waals surface area contributed by atoms with Crippen LogP contribution in [0.4, 0.5) is 5.69 Å². The Hall–Kier alpha value is -2.42. The molecule has 2 aromatic heterocycles. The lowest BCUT2D eigenvalue weighted by Crippen LogP contribution is -2.03. The van der Waals surface area contributed by atoms with Crippen LogP contribution in [-0.4, -0.2) is 26.0 Å². The maximum absolute atomic E-state index is 10.9. The van der Waals surface area contributed by atoms with Gasteiger partial charge in [0.05, 0.1) is 10.6 Å². The number of aromatic nitrogens is 2. The van der Waals surface area contributed by atoms with Crippen molar-refractivity contribution in [3.8, 4) is 0 Å². The van der Waals surface area contributed by atoms with Crippen molar-refractivity contribution in [3.05, 3.63) is 39.9 Å². The molecule has 9 heteroatoms. The van der Waals surface area contributed by atoms with Crippen LogP contribution < -0.4 is 0 Å². The minimum Gasteiger partial charge on any atom is -0.477 e. The van der Waals surface area contributed by atoms with Crippen LogP contribution in [0.3, 0.4) is 0 Å². The van der Waals surface area contributed by atoms with Gasteiger partial charge >= 0.3 is 11.7 Å². The standard InChI is InChI=1S/C10H7N3O5S/c1-5-4-18-10(11-5)19-8-7(13(16)17)3-2-6(12-8)9(14)15/h2-4H,1H3,(H,14,15). The maximum atomic E-state index is 10.9. The third-order valence-electron chi connectivity index (χ3n) is 2.04. The predicted octanol–water partition coefficient (Wildman–Crippen LogP) is 2.14. The van der Waals surface area contributed by atoms with Crippen molar-refractivity contribution in [1.82, 2.24) is 9.97 Å². The molecule has 2 rings (SSSR count). The second kappa shape index (κ2) is 5.06.